The first-order chi connectivity index (χ1) is 2.00. The first-order valence-electron chi connectivity index (χ1n) is 1.15. The van der Waals surface area contributed by atoms with Crippen LogP contribution in [0.15, 0.2) is 0 Å². The van der Waals surface area contributed by atoms with Crippen molar-refractivity contribution in [3.05, 3.63) is 0 Å². The molecule has 0 saturated heterocycles. The number of halogens is 1. The van der Waals surface area contributed by atoms with E-state index in [-0.39, 0.29) is 0 Å². The topological polar surface area (TPSA) is 0 Å². The summed E-state index contributed by atoms with van der Waals surface area (Å²) in [5.41, 5.74) is 0. The summed E-state index contributed by atoms with van der Waals surface area (Å²) in [6, 6.07) is 0. The van der Waals surface area contributed by atoms with Gasteiger partial charge in [-0.3, -0.25) is 0 Å². The predicted molar refractivity (Wildman–Crippen MR) is 29.5 cm³/mol. The van der Waals surface area contributed by atoms with Crippen molar-refractivity contribution in [1.82, 2.24) is 0 Å². The predicted octanol–water partition coefficient (Wildman–Crippen LogP) is 1.78. The van der Waals surface area contributed by atoms with Gasteiger partial charge in [-0.05, 0) is 0 Å². The molecule has 0 aromatic carbocycles. The fourth-order valence-corrected chi connectivity index (χ4v) is 0. The van der Waals surface area contributed by atoms with Crippen LogP contribution in [0.5, 0.6) is 0 Å². The molecule has 0 fully saturated rings. The second kappa shape index (κ2) is 1.39. The monoisotopic (exact) mass is 114 g/mol. The van der Waals surface area contributed by atoms with Crippen LogP contribution in [0, 0.1) is 0 Å². The molecule has 0 nitrogen and oxygen atoms in total. The van der Waals surface area contributed by atoms with E-state index in [4.69, 9.17) is 0 Å². The normalized spacial score (nSPS) is 15.2. The maximum atomic E-state index is 11.6. The SMILES string of the molecule is CS(C)(F)S. The van der Waals surface area contributed by atoms with Crippen molar-refractivity contribution in [1.29, 1.82) is 0 Å². The van der Waals surface area contributed by atoms with E-state index >= 15 is 0 Å². The minimum absolute atomic E-state index is 1.47. The highest BCUT2D eigenvalue weighted by Crippen LogP contribution is 2.45. The molecule has 34 valence electrons. The van der Waals surface area contributed by atoms with Gasteiger partial charge in [-0.25, -0.2) is 0 Å². The van der Waals surface area contributed by atoms with Crippen LogP contribution in [-0.2, 0) is 0 Å². The van der Waals surface area contributed by atoms with Gasteiger partial charge in [-0.2, -0.15) is 3.89 Å². The van der Waals surface area contributed by atoms with Crippen molar-refractivity contribution >= 4 is 21.1 Å². The third kappa shape index (κ3) is 80.7. The lowest BCUT2D eigenvalue weighted by atomic mass is 11.9. The fourth-order valence-electron chi connectivity index (χ4n) is 0. The van der Waals surface area contributed by atoms with E-state index in [9.17, 15) is 3.89 Å². The van der Waals surface area contributed by atoms with Crippen molar-refractivity contribution < 1.29 is 3.89 Å². The molecule has 0 spiro atoms. The van der Waals surface area contributed by atoms with Crippen LogP contribution < -0.4 is 0 Å². The van der Waals surface area contributed by atoms with Crippen LogP contribution in [0.1, 0.15) is 0 Å². The van der Waals surface area contributed by atoms with Crippen LogP contribution in [0.25, 0.3) is 0 Å². The van der Waals surface area contributed by atoms with Crippen molar-refractivity contribution in [2.75, 3.05) is 12.5 Å². The van der Waals surface area contributed by atoms with Crippen LogP contribution in [0.4, 0.5) is 3.89 Å². The Morgan fingerprint density at radius 3 is 1.60 bits per heavy atom. The molecular formula is C2H7FS2. The second-order valence-corrected chi connectivity index (χ2v) is 6.06. The van der Waals surface area contributed by atoms with Crippen LogP contribution >= 0.6 is 21.1 Å². The van der Waals surface area contributed by atoms with E-state index in [1.54, 1.807) is 0 Å². The Kier molecular flexibility index (Phi) is 1.56. The fraction of sp³-hybridized carbons (Fsp3) is 1.00. The molecule has 0 unspecified atom stereocenters. The van der Waals surface area contributed by atoms with E-state index in [2.05, 4.69) is 11.7 Å². The lowest BCUT2D eigenvalue weighted by Crippen LogP contribution is -1.65. The Morgan fingerprint density at radius 1 is 1.60 bits per heavy atom. The zero-order chi connectivity index (χ0) is 4.50. The van der Waals surface area contributed by atoms with E-state index < -0.39 is 9.45 Å². The third-order valence-corrected chi connectivity index (χ3v) is 0. The van der Waals surface area contributed by atoms with Gasteiger partial charge in [0.15, 0.2) is 0 Å². The van der Waals surface area contributed by atoms with Crippen molar-refractivity contribution in [3.8, 4) is 0 Å². The highest BCUT2D eigenvalue weighted by atomic mass is 33.2. The molecule has 3 heteroatoms. The maximum Gasteiger partial charge on any atom is 0.000638 e. The van der Waals surface area contributed by atoms with Gasteiger partial charge in [0, 0.05) is 12.5 Å². The lowest BCUT2D eigenvalue weighted by Gasteiger charge is -2.06. The van der Waals surface area contributed by atoms with Gasteiger partial charge in [0.2, 0.25) is 0 Å². The summed E-state index contributed by atoms with van der Waals surface area (Å²) in [7, 11) is -1.97. The summed E-state index contributed by atoms with van der Waals surface area (Å²) < 4.78 is 11.6. The molecule has 5 heavy (non-hydrogen) atoms. The Labute approximate surface area is 38.2 Å². The molecule has 0 saturated carbocycles. The number of hydrogen-bond acceptors (Lipinski definition) is 1. The molecule has 0 aliphatic rings. The highest BCUT2D eigenvalue weighted by molar-refractivity contribution is 8.85. The summed E-state index contributed by atoms with van der Waals surface area (Å²) in [5.74, 6) is 0. The summed E-state index contributed by atoms with van der Waals surface area (Å²) in [6.07, 6.45) is 2.94. The van der Waals surface area contributed by atoms with Crippen LogP contribution in [0.3, 0.4) is 0 Å². The molecule has 0 aliphatic carbocycles. The average molecular weight is 114 g/mol. The average Bonchev–Trinajstić information content (AvgIpc) is 0.722. The van der Waals surface area contributed by atoms with Gasteiger partial charge in [-0.15, -0.1) is 11.7 Å². The van der Waals surface area contributed by atoms with Gasteiger partial charge < -0.3 is 0 Å². The first-order valence-corrected chi connectivity index (χ1v) is 4.56. The Bertz CT molecular complexity index is 23.1. The van der Waals surface area contributed by atoms with Crippen molar-refractivity contribution in [2.24, 2.45) is 0 Å². The standard InChI is InChI=1S/C2H7FS2/c1-5(2,3)4/h4H,1-2H3. The molecule has 0 aliphatic heterocycles. The van der Waals surface area contributed by atoms with Crippen LogP contribution in [-0.4, -0.2) is 12.5 Å². The molecule has 0 aromatic rings. The Hall–Kier alpha value is 0.630. The van der Waals surface area contributed by atoms with Gasteiger partial charge in [0.1, 0.15) is 0 Å². The number of rotatable bonds is 0. The van der Waals surface area contributed by atoms with Crippen molar-refractivity contribution in [3.63, 3.8) is 0 Å². The molecule has 0 rings (SSSR count). The lowest BCUT2D eigenvalue weighted by molar-refractivity contribution is 0.924. The molecular weight excluding hydrogens is 107 g/mol. The zero-order valence-corrected chi connectivity index (χ0v) is 4.94. The number of hydrogen-bond donors (Lipinski definition) is 1. The van der Waals surface area contributed by atoms with E-state index in [1.165, 1.54) is 12.5 Å². The molecule has 0 bridgehead atoms. The van der Waals surface area contributed by atoms with Crippen molar-refractivity contribution in [2.45, 2.75) is 0 Å². The molecule has 0 amide bonds. The minimum atomic E-state index is -1.97. The third-order valence-electron chi connectivity index (χ3n) is 0. The van der Waals surface area contributed by atoms with Gasteiger partial charge in [0.05, 0.1) is 0 Å². The van der Waals surface area contributed by atoms with Gasteiger partial charge in [-0.1, -0.05) is 9.45 Å². The van der Waals surface area contributed by atoms with Gasteiger partial charge in [0.25, 0.3) is 0 Å². The second-order valence-electron chi connectivity index (χ2n) is 1.15. The number of thiol groups is 1. The first kappa shape index (κ1) is 5.63. The Balaban J connectivity index is 3.02. The molecule has 0 N–H and O–H groups in total. The van der Waals surface area contributed by atoms with Crippen LogP contribution in [0.2, 0.25) is 0 Å². The molecule has 0 aromatic heterocycles. The van der Waals surface area contributed by atoms with E-state index in [0.717, 1.165) is 0 Å². The Morgan fingerprint density at radius 2 is 1.60 bits per heavy atom. The summed E-state index contributed by atoms with van der Waals surface area (Å²) in [5, 5.41) is 0. The highest BCUT2D eigenvalue weighted by Gasteiger charge is 1.94. The maximum absolute atomic E-state index is 11.6. The summed E-state index contributed by atoms with van der Waals surface area (Å²) in [6.45, 7) is 0. The summed E-state index contributed by atoms with van der Waals surface area (Å²) >= 11 is 3.54. The van der Waals surface area contributed by atoms with E-state index in [1.807, 2.05) is 0 Å². The van der Waals surface area contributed by atoms with Gasteiger partial charge >= 0.3 is 0 Å². The largest absolute Gasteiger partial charge is 0.180 e. The quantitative estimate of drug-likeness (QED) is 0.360. The molecule has 0 heterocycles. The minimum Gasteiger partial charge on any atom is -0.180 e. The molecule has 0 atom stereocenters. The smallest absolute Gasteiger partial charge is 0.000638 e. The zero-order valence-electron chi connectivity index (χ0n) is 3.23. The molecule has 0 radical (unpaired) electrons. The summed E-state index contributed by atoms with van der Waals surface area (Å²) in [4.78, 5) is 0. The van der Waals surface area contributed by atoms with E-state index in [0.29, 0.717) is 0 Å².